The second-order valence-corrected chi connectivity index (χ2v) is 5.95. The highest BCUT2D eigenvalue weighted by Gasteiger charge is 2.24. The van der Waals surface area contributed by atoms with Crippen LogP contribution in [0.1, 0.15) is 32.3 Å². The van der Waals surface area contributed by atoms with Crippen LogP contribution < -0.4 is 0 Å². The molecule has 110 valence electrons. The number of morpholine rings is 1. The van der Waals surface area contributed by atoms with Gasteiger partial charge in [-0.1, -0.05) is 44.2 Å². The summed E-state index contributed by atoms with van der Waals surface area (Å²) in [6.45, 7) is 6.34. The molecule has 0 bridgehead atoms. The number of nitrogens with zero attached hydrogens (tertiary/aromatic N) is 1. The monoisotopic (exact) mass is 275 g/mol. The van der Waals surface area contributed by atoms with Crippen molar-refractivity contribution in [3.05, 3.63) is 35.9 Å². The largest absolute Gasteiger partial charge is 0.375 e. The van der Waals surface area contributed by atoms with Crippen molar-refractivity contribution in [3.63, 3.8) is 0 Å². The van der Waals surface area contributed by atoms with Crippen LogP contribution in [0.2, 0.25) is 0 Å². The Morgan fingerprint density at radius 1 is 1.35 bits per heavy atom. The van der Waals surface area contributed by atoms with E-state index in [-0.39, 0.29) is 12.0 Å². The molecule has 2 rings (SSSR count). The van der Waals surface area contributed by atoms with Gasteiger partial charge < -0.3 is 9.64 Å². The Kier molecular flexibility index (Phi) is 5.60. The van der Waals surface area contributed by atoms with E-state index in [1.165, 1.54) is 5.56 Å². The number of aryl methyl sites for hydroxylation is 1. The van der Waals surface area contributed by atoms with E-state index in [4.69, 9.17) is 4.74 Å². The van der Waals surface area contributed by atoms with Gasteiger partial charge in [0.15, 0.2) is 0 Å². The van der Waals surface area contributed by atoms with Gasteiger partial charge in [0.05, 0.1) is 12.7 Å². The first-order valence-corrected chi connectivity index (χ1v) is 7.58. The van der Waals surface area contributed by atoms with Crippen molar-refractivity contribution in [1.82, 2.24) is 4.90 Å². The number of amides is 1. The van der Waals surface area contributed by atoms with Gasteiger partial charge in [-0.3, -0.25) is 4.79 Å². The standard InChI is InChI=1S/C17H25NO2/c1-14(2)12-17(19)18-10-11-20-16(13-18)9-8-15-6-4-3-5-7-15/h3-7,14,16H,8-13H2,1-2H3. The molecule has 1 unspecified atom stereocenters. The topological polar surface area (TPSA) is 29.5 Å². The van der Waals surface area contributed by atoms with Crippen molar-refractivity contribution >= 4 is 5.91 Å². The molecule has 1 aromatic rings. The Labute approximate surface area is 121 Å². The number of benzene rings is 1. The average Bonchev–Trinajstić information content (AvgIpc) is 2.46. The van der Waals surface area contributed by atoms with Crippen LogP contribution in [0.3, 0.4) is 0 Å². The lowest BCUT2D eigenvalue weighted by Gasteiger charge is -2.33. The third-order valence-electron chi connectivity index (χ3n) is 3.67. The van der Waals surface area contributed by atoms with Crippen LogP contribution in [0.5, 0.6) is 0 Å². The molecule has 1 aromatic carbocycles. The second-order valence-electron chi connectivity index (χ2n) is 5.95. The maximum absolute atomic E-state index is 12.1. The van der Waals surface area contributed by atoms with Crippen LogP contribution in [0.25, 0.3) is 0 Å². The van der Waals surface area contributed by atoms with Gasteiger partial charge in [-0.2, -0.15) is 0 Å². The molecule has 0 N–H and O–H groups in total. The van der Waals surface area contributed by atoms with E-state index in [1.54, 1.807) is 0 Å². The van der Waals surface area contributed by atoms with Crippen molar-refractivity contribution in [3.8, 4) is 0 Å². The van der Waals surface area contributed by atoms with Gasteiger partial charge in [0.2, 0.25) is 5.91 Å². The minimum atomic E-state index is 0.181. The number of hydrogen-bond donors (Lipinski definition) is 0. The number of carbonyl (C=O) groups excluding carboxylic acids is 1. The van der Waals surface area contributed by atoms with Crippen LogP contribution in [-0.2, 0) is 16.0 Å². The Bertz CT molecular complexity index is 416. The highest BCUT2D eigenvalue weighted by atomic mass is 16.5. The number of rotatable bonds is 5. The van der Waals surface area contributed by atoms with E-state index in [2.05, 4.69) is 38.1 Å². The Hall–Kier alpha value is -1.35. The summed E-state index contributed by atoms with van der Waals surface area (Å²) in [5, 5.41) is 0. The molecule has 3 heteroatoms. The lowest BCUT2D eigenvalue weighted by atomic mass is 10.0. The Morgan fingerprint density at radius 2 is 2.10 bits per heavy atom. The molecule has 1 fully saturated rings. The van der Waals surface area contributed by atoms with E-state index < -0.39 is 0 Å². The summed E-state index contributed by atoms with van der Waals surface area (Å²) in [5.41, 5.74) is 1.33. The van der Waals surface area contributed by atoms with Crippen LogP contribution in [0.4, 0.5) is 0 Å². The average molecular weight is 275 g/mol. The molecule has 20 heavy (non-hydrogen) atoms. The van der Waals surface area contributed by atoms with Crippen LogP contribution in [-0.4, -0.2) is 36.6 Å². The van der Waals surface area contributed by atoms with Crippen molar-refractivity contribution in [2.24, 2.45) is 5.92 Å². The lowest BCUT2D eigenvalue weighted by Crippen LogP contribution is -2.46. The van der Waals surface area contributed by atoms with E-state index in [1.807, 2.05) is 11.0 Å². The Balaban J connectivity index is 1.80. The van der Waals surface area contributed by atoms with E-state index >= 15 is 0 Å². The SMILES string of the molecule is CC(C)CC(=O)N1CCOC(CCc2ccccc2)C1. The fourth-order valence-electron chi connectivity index (χ4n) is 2.57. The molecule has 1 amide bonds. The van der Waals surface area contributed by atoms with Gasteiger partial charge >= 0.3 is 0 Å². The molecule has 0 saturated carbocycles. The third-order valence-corrected chi connectivity index (χ3v) is 3.67. The molecule has 0 radical (unpaired) electrons. The molecular weight excluding hydrogens is 250 g/mol. The molecular formula is C17H25NO2. The maximum atomic E-state index is 12.1. The van der Waals surface area contributed by atoms with E-state index in [0.717, 1.165) is 25.9 Å². The normalized spacial score (nSPS) is 19.4. The fourth-order valence-corrected chi connectivity index (χ4v) is 2.57. The molecule has 0 aliphatic carbocycles. The molecule has 1 aliphatic rings. The first kappa shape index (κ1) is 15.0. The van der Waals surface area contributed by atoms with Gasteiger partial charge in [-0.25, -0.2) is 0 Å². The minimum absolute atomic E-state index is 0.181. The smallest absolute Gasteiger partial charge is 0.222 e. The molecule has 1 saturated heterocycles. The summed E-state index contributed by atoms with van der Waals surface area (Å²) >= 11 is 0. The zero-order chi connectivity index (χ0) is 14.4. The summed E-state index contributed by atoms with van der Waals surface area (Å²) in [5.74, 6) is 0.695. The van der Waals surface area contributed by atoms with Crippen LogP contribution >= 0.6 is 0 Å². The van der Waals surface area contributed by atoms with Crippen molar-refractivity contribution in [1.29, 1.82) is 0 Å². The lowest BCUT2D eigenvalue weighted by molar-refractivity contribution is -0.139. The summed E-state index contributed by atoms with van der Waals surface area (Å²) in [4.78, 5) is 14.1. The van der Waals surface area contributed by atoms with Gasteiger partial charge in [0, 0.05) is 19.5 Å². The fraction of sp³-hybridized carbons (Fsp3) is 0.588. The van der Waals surface area contributed by atoms with Crippen LogP contribution in [0.15, 0.2) is 30.3 Å². The van der Waals surface area contributed by atoms with E-state index in [9.17, 15) is 4.79 Å². The molecule has 0 aromatic heterocycles. The quantitative estimate of drug-likeness (QED) is 0.827. The van der Waals surface area contributed by atoms with Crippen molar-refractivity contribution < 1.29 is 9.53 Å². The van der Waals surface area contributed by atoms with Gasteiger partial charge in [0.1, 0.15) is 0 Å². The summed E-state index contributed by atoms with van der Waals surface area (Å²) in [7, 11) is 0. The first-order chi connectivity index (χ1) is 9.65. The summed E-state index contributed by atoms with van der Waals surface area (Å²) in [6.07, 6.45) is 2.82. The highest BCUT2D eigenvalue weighted by Crippen LogP contribution is 2.14. The Morgan fingerprint density at radius 3 is 2.80 bits per heavy atom. The highest BCUT2D eigenvalue weighted by molar-refractivity contribution is 5.76. The zero-order valence-electron chi connectivity index (χ0n) is 12.5. The molecule has 1 aliphatic heterocycles. The predicted octanol–water partition coefficient (Wildman–Crippen LogP) is 2.89. The first-order valence-electron chi connectivity index (χ1n) is 7.58. The molecule has 0 spiro atoms. The van der Waals surface area contributed by atoms with Crippen LogP contribution in [0, 0.1) is 5.92 Å². The molecule has 3 nitrogen and oxygen atoms in total. The second kappa shape index (κ2) is 7.44. The molecule has 1 atom stereocenters. The third kappa shape index (κ3) is 4.64. The minimum Gasteiger partial charge on any atom is -0.375 e. The molecule has 1 heterocycles. The van der Waals surface area contributed by atoms with E-state index in [0.29, 0.717) is 18.9 Å². The summed E-state index contributed by atoms with van der Waals surface area (Å²) < 4.78 is 5.79. The predicted molar refractivity (Wildman–Crippen MR) is 80.5 cm³/mol. The summed E-state index contributed by atoms with van der Waals surface area (Å²) in [6, 6.07) is 10.5. The maximum Gasteiger partial charge on any atom is 0.222 e. The number of hydrogen-bond acceptors (Lipinski definition) is 2. The van der Waals surface area contributed by atoms with Crippen molar-refractivity contribution in [2.45, 2.75) is 39.2 Å². The van der Waals surface area contributed by atoms with Gasteiger partial charge in [-0.05, 0) is 24.3 Å². The van der Waals surface area contributed by atoms with Crippen molar-refractivity contribution in [2.75, 3.05) is 19.7 Å². The van der Waals surface area contributed by atoms with Gasteiger partial charge in [0.25, 0.3) is 0 Å². The number of carbonyl (C=O) groups is 1. The zero-order valence-corrected chi connectivity index (χ0v) is 12.5. The van der Waals surface area contributed by atoms with Gasteiger partial charge in [-0.15, -0.1) is 0 Å². The number of ether oxygens (including phenoxy) is 1.